The van der Waals surface area contributed by atoms with Crippen molar-refractivity contribution in [3.63, 3.8) is 0 Å². The van der Waals surface area contributed by atoms with Crippen molar-refractivity contribution >= 4 is 10.0 Å². The van der Waals surface area contributed by atoms with E-state index in [2.05, 4.69) is 0 Å². The molecule has 1 aliphatic heterocycles. The van der Waals surface area contributed by atoms with Crippen LogP contribution in [-0.2, 0) is 10.0 Å². The van der Waals surface area contributed by atoms with Gasteiger partial charge in [0.1, 0.15) is 11.5 Å². The van der Waals surface area contributed by atoms with Crippen molar-refractivity contribution in [1.29, 1.82) is 0 Å². The van der Waals surface area contributed by atoms with Gasteiger partial charge in [0, 0.05) is 12.6 Å². The van der Waals surface area contributed by atoms with Crippen molar-refractivity contribution in [1.82, 2.24) is 4.31 Å². The molecule has 0 N–H and O–H groups in total. The molecule has 0 amide bonds. The van der Waals surface area contributed by atoms with Gasteiger partial charge in [0.15, 0.2) is 0 Å². The molecule has 122 valence electrons. The maximum absolute atomic E-state index is 12.8. The topological polar surface area (TPSA) is 46.6 Å². The van der Waals surface area contributed by atoms with E-state index in [0.717, 1.165) is 25.0 Å². The average molecular weight is 331 g/mol. The van der Waals surface area contributed by atoms with Crippen molar-refractivity contribution in [3.8, 4) is 11.5 Å². The Kier molecular flexibility index (Phi) is 4.68. The monoisotopic (exact) mass is 331 g/mol. The fourth-order valence-corrected chi connectivity index (χ4v) is 4.57. The minimum absolute atomic E-state index is 0.0639. The van der Waals surface area contributed by atoms with E-state index in [1.165, 1.54) is 0 Å². The van der Waals surface area contributed by atoms with Crippen LogP contribution in [0.4, 0.5) is 0 Å². The summed E-state index contributed by atoms with van der Waals surface area (Å²) in [6, 6.07) is 16.1. The molecule has 1 unspecified atom stereocenters. The van der Waals surface area contributed by atoms with Gasteiger partial charge in [-0.3, -0.25) is 0 Å². The number of sulfonamides is 1. The summed E-state index contributed by atoms with van der Waals surface area (Å²) < 4.78 is 32.8. The molecule has 4 nitrogen and oxygen atoms in total. The normalized spacial score (nSPS) is 19.4. The van der Waals surface area contributed by atoms with Crippen LogP contribution in [-0.4, -0.2) is 25.3 Å². The third-order valence-corrected chi connectivity index (χ3v) is 6.18. The van der Waals surface area contributed by atoms with Crippen LogP contribution in [0.5, 0.6) is 11.5 Å². The maximum atomic E-state index is 12.8. The van der Waals surface area contributed by atoms with Gasteiger partial charge in [0.05, 0.1) is 4.90 Å². The van der Waals surface area contributed by atoms with Gasteiger partial charge < -0.3 is 4.74 Å². The first kappa shape index (κ1) is 16.0. The molecule has 23 heavy (non-hydrogen) atoms. The standard InChI is InChI=1S/C18H21NO3S/c1-15-7-5-6-14-19(15)23(20,21)18-12-10-17(11-13-18)22-16-8-3-2-4-9-16/h2-4,8-13,15H,5-7,14H2,1H3. The molecule has 0 aliphatic carbocycles. The summed E-state index contributed by atoms with van der Waals surface area (Å²) in [7, 11) is -3.42. The minimum atomic E-state index is -3.42. The summed E-state index contributed by atoms with van der Waals surface area (Å²) in [6.07, 6.45) is 2.95. The van der Waals surface area contributed by atoms with Crippen LogP contribution < -0.4 is 4.74 Å². The molecule has 5 heteroatoms. The predicted octanol–water partition coefficient (Wildman–Crippen LogP) is 4.04. The Bertz CT molecular complexity index is 742. The molecule has 2 aromatic rings. The van der Waals surface area contributed by atoms with E-state index in [0.29, 0.717) is 17.2 Å². The zero-order valence-electron chi connectivity index (χ0n) is 13.2. The Morgan fingerprint density at radius 2 is 1.61 bits per heavy atom. The summed E-state index contributed by atoms with van der Waals surface area (Å²) in [5.74, 6) is 1.36. The third-order valence-electron chi connectivity index (χ3n) is 4.15. The van der Waals surface area contributed by atoms with E-state index in [1.54, 1.807) is 28.6 Å². The highest BCUT2D eigenvalue weighted by Crippen LogP contribution is 2.27. The molecule has 1 aliphatic rings. The highest BCUT2D eigenvalue weighted by Gasteiger charge is 2.30. The molecule has 0 saturated carbocycles. The lowest BCUT2D eigenvalue weighted by Gasteiger charge is -2.32. The average Bonchev–Trinajstić information content (AvgIpc) is 2.56. The van der Waals surface area contributed by atoms with Gasteiger partial charge in [0.2, 0.25) is 10.0 Å². The second kappa shape index (κ2) is 6.72. The van der Waals surface area contributed by atoms with E-state index in [-0.39, 0.29) is 6.04 Å². The van der Waals surface area contributed by atoms with Crippen LogP contribution in [0.3, 0.4) is 0 Å². The largest absolute Gasteiger partial charge is 0.457 e. The van der Waals surface area contributed by atoms with Crippen LogP contribution in [0, 0.1) is 0 Å². The molecule has 1 atom stereocenters. The van der Waals surface area contributed by atoms with Crippen molar-refractivity contribution in [3.05, 3.63) is 54.6 Å². The van der Waals surface area contributed by atoms with E-state index < -0.39 is 10.0 Å². The molecule has 0 aromatic heterocycles. The van der Waals surface area contributed by atoms with E-state index >= 15 is 0 Å². The van der Waals surface area contributed by atoms with Crippen molar-refractivity contribution in [2.75, 3.05) is 6.54 Å². The van der Waals surface area contributed by atoms with Gasteiger partial charge >= 0.3 is 0 Å². The molecular weight excluding hydrogens is 310 g/mol. The lowest BCUT2D eigenvalue weighted by Crippen LogP contribution is -2.41. The third kappa shape index (κ3) is 3.57. The first-order valence-electron chi connectivity index (χ1n) is 7.92. The number of ether oxygens (including phenoxy) is 1. The molecule has 0 radical (unpaired) electrons. The number of nitrogens with zero attached hydrogens (tertiary/aromatic N) is 1. The van der Waals surface area contributed by atoms with E-state index in [9.17, 15) is 8.42 Å². The first-order valence-corrected chi connectivity index (χ1v) is 9.36. The quantitative estimate of drug-likeness (QED) is 0.849. The number of benzene rings is 2. The lowest BCUT2D eigenvalue weighted by molar-refractivity contribution is 0.268. The number of para-hydroxylation sites is 1. The number of piperidine rings is 1. The highest BCUT2D eigenvalue weighted by molar-refractivity contribution is 7.89. The molecule has 0 bridgehead atoms. The fraction of sp³-hybridized carbons (Fsp3) is 0.333. The second-order valence-electron chi connectivity index (χ2n) is 5.85. The number of hydrogen-bond donors (Lipinski definition) is 0. The van der Waals surface area contributed by atoms with E-state index in [1.807, 2.05) is 37.3 Å². The van der Waals surface area contributed by atoms with Gasteiger partial charge in [-0.05, 0) is 56.2 Å². The predicted molar refractivity (Wildman–Crippen MR) is 90.2 cm³/mol. The zero-order chi connectivity index (χ0) is 16.3. The molecule has 0 spiro atoms. The van der Waals surface area contributed by atoms with Gasteiger partial charge in [-0.1, -0.05) is 24.6 Å². The molecule has 1 heterocycles. The summed E-state index contributed by atoms with van der Waals surface area (Å²) in [4.78, 5) is 0.326. The Morgan fingerprint density at radius 3 is 2.26 bits per heavy atom. The van der Waals surface area contributed by atoms with Crippen molar-refractivity contribution < 1.29 is 13.2 Å². The van der Waals surface area contributed by atoms with Gasteiger partial charge in [-0.2, -0.15) is 4.31 Å². The number of hydrogen-bond acceptors (Lipinski definition) is 3. The Morgan fingerprint density at radius 1 is 0.957 bits per heavy atom. The van der Waals surface area contributed by atoms with Crippen molar-refractivity contribution in [2.45, 2.75) is 37.1 Å². The molecule has 1 fully saturated rings. The van der Waals surface area contributed by atoms with E-state index in [4.69, 9.17) is 4.74 Å². The summed E-state index contributed by atoms with van der Waals surface area (Å²) in [5.41, 5.74) is 0. The minimum Gasteiger partial charge on any atom is -0.457 e. The summed E-state index contributed by atoms with van der Waals surface area (Å²) in [6.45, 7) is 2.58. The Hall–Kier alpha value is -1.85. The maximum Gasteiger partial charge on any atom is 0.243 e. The zero-order valence-corrected chi connectivity index (χ0v) is 14.0. The Balaban J connectivity index is 1.78. The van der Waals surface area contributed by atoms with Crippen LogP contribution in [0.25, 0.3) is 0 Å². The summed E-state index contributed by atoms with van der Waals surface area (Å²) in [5, 5.41) is 0. The van der Waals surface area contributed by atoms with Gasteiger partial charge in [0.25, 0.3) is 0 Å². The van der Waals surface area contributed by atoms with Crippen LogP contribution >= 0.6 is 0 Å². The molecule has 3 rings (SSSR count). The van der Waals surface area contributed by atoms with Gasteiger partial charge in [-0.25, -0.2) is 8.42 Å². The molecule has 2 aromatic carbocycles. The van der Waals surface area contributed by atoms with Crippen LogP contribution in [0.1, 0.15) is 26.2 Å². The van der Waals surface area contributed by atoms with Crippen LogP contribution in [0.2, 0.25) is 0 Å². The SMILES string of the molecule is CC1CCCCN1S(=O)(=O)c1ccc(Oc2ccccc2)cc1. The van der Waals surface area contributed by atoms with Crippen molar-refractivity contribution in [2.24, 2.45) is 0 Å². The lowest BCUT2D eigenvalue weighted by atomic mass is 10.1. The van der Waals surface area contributed by atoms with Gasteiger partial charge in [-0.15, -0.1) is 0 Å². The molecular formula is C18H21NO3S. The first-order chi connectivity index (χ1) is 11.1. The number of rotatable bonds is 4. The van der Waals surface area contributed by atoms with Crippen LogP contribution in [0.15, 0.2) is 59.5 Å². The second-order valence-corrected chi connectivity index (χ2v) is 7.74. The fourth-order valence-electron chi connectivity index (χ4n) is 2.87. The highest BCUT2D eigenvalue weighted by atomic mass is 32.2. The molecule has 1 saturated heterocycles. The Labute approximate surface area is 137 Å². The summed E-state index contributed by atoms with van der Waals surface area (Å²) >= 11 is 0. The smallest absolute Gasteiger partial charge is 0.243 e.